The van der Waals surface area contributed by atoms with Crippen molar-refractivity contribution in [1.82, 2.24) is 0 Å². The molecular weight excluding hydrogens is 382 g/mol. The number of anilines is 1. The van der Waals surface area contributed by atoms with Gasteiger partial charge in [0.15, 0.2) is 11.5 Å². The van der Waals surface area contributed by atoms with Gasteiger partial charge in [0.1, 0.15) is 5.58 Å². The third-order valence-electron chi connectivity index (χ3n) is 4.27. The highest BCUT2D eigenvalue weighted by Crippen LogP contribution is 2.21. The molecule has 0 fully saturated rings. The zero-order valence-electron chi connectivity index (χ0n) is 15.5. The molecule has 2 aromatic carbocycles. The minimum absolute atomic E-state index is 0.205. The molecule has 3 aromatic rings. The van der Waals surface area contributed by atoms with E-state index in [2.05, 4.69) is 5.32 Å². The smallest absolute Gasteiger partial charge is 0.375 e. The van der Waals surface area contributed by atoms with Gasteiger partial charge < -0.3 is 14.5 Å². The zero-order chi connectivity index (χ0) is 20.4. The van der Waals surface area contributed by atoms with Crippen molar-refractivity contribution in [2.75, 3.05) is 5.32 Å². The van der Waals surface area contributed by atoms with Crippen molar-refractivity contribution < 1.29 is 18.7 Å². The summed E-state index contributed by atoms with van der Waals surface area (Å²) in [5.41, 5.74) is 2.24. The lowest BCUT2D eigenvalue weighted by atomic mass is 10.1. The average molecular weight is 400 g/mol. The number of para-hydroxylation sites is 1. The molecule has 0 radical (unpaired) electrons. The number of hydrogen-bond acceptors (Lipinski definition) is 5. The quantitative estimate of drug-likeness (QED) is 0.663. The topological polar surface area (TPSA) is 85.6 Å². The predicted molar refractivity (Wildman–Crippen MR) is 107 cm³/mol. The summed E-state index contributed by atoms with van der Waals surface area (Å²) in [4.78, 5) is 36.9. The standard InChI is InChI=1S/C21H18ClNO5/c1-11-5-4-6-12(2)19(11)23-20(25)13(3)27-21(26)18-10-16(24)15-9-14(22)7-8-17(15)28-18/h4-10,13H,1-3H3,(H,23,25)/t13-/m1/s1. The summed E-state index contributed by atoms with van der Waals surface area (Å²) in [7, 11) is 0. The van der Waals surface area contributed by atoms with Crippen LogP contribution in [0.2, 0.25) is 5.02 Å². The van der Waals surface area contributed by atoms with Crippen LogP contribution in [0.5, 0.6) is 0 Å². The van der Waals surface area contributed by atoms with Crippen molar-refractivity contribution in [3.8, 4) is 0 Å². The van der Waals surface area contributed by atoms with E-state index in [0.29, 0.717) is 10.7 Å². The lowest BCUT2D eigenvalue weighted by Crippen LogP contribution is -2.30. The number of carbonyl (C=O) groups is 2. The highest BCUT2D eigenvalue weighted by atomic mass is 35.5. The van der Waals surface area contributed by atoms with E-state index in [1.165, 1.54) is 19.1 Å². The van der Waals surface area contributed by atoms with Gasteiger partial charge in [0.2, 0.25) is 5.76 Å². The lowest BCUT2D eigenvalue weighted by molar-refractivity contribution is -0.123. The van der Waals surface area contributed by atoms with Gasteiger partial charge in [0, 0.05) is 16.8 Å². The molecule has 6 nitrogen and oxygen atoms in total. The number of nitrogens with one attached hydrogen (secondary N) is 1. The summed E-state index contributed by atoms with van der Waals surface area (Å²) in [5.74, 6) is -1.68. The number of hydrogen-bond donors (Lipinski definition) is 1. The second-order valence-electron chi connectivity index (χ2n) is 6.42. The number of carbonyl (C=O) groups excluding carboxylic acids is 2. The average Bonchev–Trinajstić information content (AvgIpc) is 2.65. The Balaban J connectivity index is 1.77. The number of benzene rings is 2. The Morgan fingerprint density at radius 1 is 1.11 bits per heavy atom. The van der Waals surface area contributed by atoms with Gasteiger partial charge in [-0.15, -0.1) is 0 Å². The maximum atomic E-state index is 12.4. The van der Waals surface area contributed by atoms with Crippen LogP contribution in [0.1, 0.15) is 28.6 Å². The van der Waals surface area contributed by atoms with Crippen LogP contribution in [-0.2, 0) is 9.53 Å². The summed E-state index contributed by atoms with van der Waals surface area (Å²) in [6.45, 7) is 5.18. The van der Waals surface area contributed by atoms with Gasteiger partial charge in [-0.3, -0.25) is 9.59 Å². The molecule has 0 aliphatic heterocycles. The van der Waals surface area contributed by atoms with E-state index >= 15 is 0 Å². The summed E-state index contributed by atoms with van der Waals surface area (Å²) >= 11 is 5.87. The van der Waals surface area contributed by atoms with Gasteiger partial charge in [0.05, 0.1) is 5.39 Å². The highest BCUT2D eigenvalue weighted by Gasteiger charge is 2.22. The van der Waals surface area contributed by atoms with Gasteiger partial charge >= 0.3 is 5.97 Å². The largest absolute Gasteiger partial charge is 0.449 e. The Morgan fingerprint density at radius 3 is 2.46 bits per heavy atom. The number of aryl methyl sites for hydroxylation is 2. The Bertz CT molecular complexity index is 1120. The molecule has 1 N–H and O–H groups in total. The number of esters is 1. The third kappa shape index (κ3) is 4.07. The maximum absolute atomic E-state index is 12.4. The van der Waals surface area contributed by atoms with Gasteiger partial charge in [-0.05, 0) is 50.1 Å². The van der Waals surface area contributed by atoms with Crippen LogP contribution in [0.15, 0.2) is 51.7 Å². The molecule has 1 atom stereocenters. The molecular formula is C21H18ClNO5. The molecule has 0 spiro atoms. The van der Waals surface area contributed by atoms with Crippen LogP contribution in [0.4, 0.5) is 5.69 Å². The fraction of sp³-hybridized carbons (Fsp3) is 0.190. The fourth-order valence-corrected chi connectivity index (χ4v) is 2.91. The van der Waals surface area contributed by atoms with E-state index in [9.17, 15) is 14.4 Å². The Morgan fingerprint density at radius 2 is 1.79 bits per heavy atom. The molecule has 0 aliphatic carbocycles. The zero-order valence-corrected chi connectivity index (χ0v) is 16.3. The predicted octanol–water partition coefficient (Wildman–Crippen LogP) is 4.25. The third-order valence-corrected chi connectivity index (χ3v) is 4.51. The first kappa shape index (κ1) is 19.6. The number of ether oxygens (including phenoxy) is 1. The SMILES string of the molecule is Cc1cccc(C)c1NC(=O)[C@@H](C)OC(=O)c1cc(=O)c2cc(Cl)ccc2o1. The first-order valence-electron chi connectivity index (χ1n) is 8.57. The van der Waals surface area contributed by atoms with E-state index in [4.69, 9.17) is 20.8 Å². The van der Waals surface area contributed by atoms with Gasteiger partial charge in [-0.1, -0.05) is 29.8 Å². The second kappa shape index (κ2) is 7.86. The Labute approximate surface area is 166 Å². The molecule has 0 aliphatic rings. The van der Waals surface area contributed by atoms with Crippen molar-refractivity contribution in [2.24, 2.45) is 0 Å². The molecule has 1 amide bonds. The molecule has 0 saturated carbocycles. The summed E-state index contributed by atoms with van der Waals surface area (Å²) < 4.78 is 10.6. The maximum Gasteiger partial charge on any atom is 0.375 e. The summed E-state index contributed by atoms with van der Waals surface area (Å²) in [5, 5.41) is 3.40. The molecule has 7 heteroatoms. The first-order valence-corrected chi connectivity index (χ1v) is 8.95. The van der Waals surface area contributed by atoms with Crippen molar-refractivity contribution >= 4 is 40.1 Å². The van der Waals surface area contributed by atoms with Crippen LogP contribution < -0.4 is 10.7 Å². The number of fused-ring (bicyclic) bond motifs is 1. The minimum atomic E-state index is -1.09. The second-order valence-corrected chi connectivity index (χ2v) is 6.86. The van der Waals surface area contributed by atoms with Gasteiger partial charge in [-0.25, -0.2) is 4.79 Å². The monoisotopic (exact) mass is 399 g/mol. The summed E-state index contributed by atoms with van der Waals surface area (Å²) in [6.07, 6.45) is -1.09. The molecule has 0 saturated heterocycles. The summed E-state index contributed by atoms with van der Waals surface area (Å²) in [6, 6.07) is 11.1. The van der Waals surface area contributed by atoms with E-state index in [-0.39, 0.29) is 16.7 Å². The van der Waals surface area contributed by atoms with E-state index in [0.717, 1.165) is 17.2 Å². The van der Waals surface area contributed by atoms with Crippen molar-refractivity contribution in [1.29, 1.82) is 0 Å². The lowest BCUT2D eigenvalue weighted by Gasteiger charge is -2.16. The minimum Gasteiger partial charge on any atom is -0.449 e. The van der Waals surface area contributed by atoms with Crippen LogP contribution in [0, 0.1) is 13.8 Å². The molecule has 0 bridgehead atoms. The fourth-order valence-electron chi connectivity index (χ4n) is 2.74. The van der Waals surface area contributed by atoms with E-state index in [1.54, 1.807) is 6.07 Å². The van der Waals surface area contributed by atoms with E-state index < -0.39 is 23.4 Å². The molecule has 144 valence electrons. The van der Waals surface area contributed by atoms with Crippen molar-refractivity contribution in [3.05, 3.63) is 74.6 Å². The molecule has 1 aromatic heterocycles. The first-order chi connectivity index (χ1) is 13.3. The number of amides is 1. The molecule has 28 heavy (non-hydrogen) atoms. The van der Waals surface area contributed by atoms with Crippen molar-refractivity contribution in [2.45, 2.75) is 26.9 Å². The van der Waals surface area contributed by atoms with E-state index in [1.807, 2.05) is 32.0 Å². The normalized spacial score (nSPS) is 11.9. The van der Waals surface area contributed by atoms with Crippen LogP contribution in [0.3, 0.4) is 0 Å². The number of rotatable bonds is 4. The Hall–Kier alpha value is -3.12. The van der Waals surface area contributed by atoms with Crippen LogP contribution in [-0.4, -0.2) is 18.0 Å². The molecule has 1 heterocycles. The Kier molecular flexibility index (Phi) is 5.51. The van der Waals surface area contributed by atoms with Crippen LogP contribution >= 0.6 is 11.6 Å². The highest BCUT2D eigenvalue weighted by molar-refractivity contribution is 6.31. The van der Waals surface area contributed by atoms with Gasteiger partial charge in [-0.2, -0.15) is 0 Å². The number of halogens is 1. The molecule has 0 unspecified atom stereocenters. The van der Waals surface area contributed by atoms with Crippen LogP contribution in [0.25, 0.3) is 11.0 Å². The van der Waals surface area contributed by atoms with Gasteiger partial charge in [0.25, 0.3) is 5.91 Å². The molecule has 3 rings (SSSR count). The van der Waals surface area contributed by atoms with Crippen molar-refractivity contribution in [3.63, 3.8) is 0 Å².